The van der Waals surface area contributed by atoms with Gasteiger partial charge in [-0.2, -0.15) is 0 Å². The largest absolute Gasteiger partial charge is 0.368 e. The van der Waals surface area contributed by atoms with Crippen LogP contribution in [0.15, 0.2) is 48.5 Å². The zero-order chi connectivity index (χ0) is 21.3. The van der Waals surface area contributed by atoms with E-state index >= 15 is 0 Å². The molecular weight excluding hydrogens is 388 g/mol. The van der Waals surface area contributed by atoms with Crippen LogP contribution < -0.4 is 4.90 Å². The molecule has 2 aliphatic heterocycles. The van der Waals surface area contributed by atoms with Crippen LogP contribution in [-0.4, -0.2) is 65.2 Å². The molecule has 0 atom stereocenters. The number of non-ortho nitro benzene ring substituents is 1. The second-order valence-electron chi connectivity index (χ2n) is 7.20. The number of anilines is 1. The molecule has 4 rings (SSSR count). The molecule has 30 heavy (non-hydrogen) atoms. The summed E-state index contributed by atoms with van der Waals surface area (Å²) in [5, 5.41) is 10.8. The minimum Gasteiger partial charge on any atom is -0.368 e. The predicted molar refractivity (Wildman–Crippen MR) is 108 cm³/mol. The van der Waals surface area contributed by atoms with E-state index < -0.39 is 4.92 Å². The van der Waals surface area contributed by atoms with E-state index in [0.29, 0.717) is 37.3 Å². The van der Waals surface area contributed by atoms with Gasteiger partial charge in [-0.15, -0.1) is 0 Å². The van der Waals surface area contributed by atoms with Gasteiger partial charge in [0, 0.05) is 57.0 Å². The molecule has 2 aromatic rings. The number of imide groups is 1. The van der Waals surface area contributed by atoms with Crippen LogP contribution in [0.3, 0.4) is 0 Å². The van der Waals surface area contributed by atoms with E-state index in [1.165, 1.54) is 12.1 Å². The summed E-state index contributed by atoms with van der Waals surface area (Å²) >= 11 is 0. The Balaban J connectivity index is 1.29. The zero-order valence-corrected chi connectivity index (χ0v) is 16.2. The van der Waals surface area contributed by atoms with Crippen molar-refractivity contribution in [3.05, 3.63) is 69.8 Å². The number of nitro groups is 1. The summed E-state index contributed by atoms with van der Waals surface area (Å²) in [6.07, 6.45) is 0.0863. The van der Waals surface area contributed by atoms with Gasteiger partial charge in [-0.05, 0) is 24.3 Å². The van der Waals surface area contributed by atoms with Crippen LogP contribution >= 0.6 is 0 Å². The molecule has 1 saturated heterocycles. The van der Waals surface area contributed by atoms with E-state index in [1.807, 2.05) is 0 Å². The number of nitrogens with zero attached hydrogens (tertiary/aromatic N) is 4. The van der Waals surface area contributed by atoms with Crippen molar-refractivity contribution >= 4 is 29.1 Å². The van der Waals surface area contributed by atoms with E-state index in [9.17, 15) is 24.5 Å². The molecule has 0 radical (unpaired) electrons. The molecule has 0 spiro atoms. The first-order chi connectivity index (χ1) is 14.5. The molecule has 0 saturated carbocycles. The first-order valence-electron chi connectivity index (χ1n) is 9.68. The molecule has 0 aromatic heterocycles. The Hall–Kier alpha value is -3.75. The van der Waals surface area contributed by atoms with Gasteiger partial charge < -0.3 is 9.80 Å². The number of amides is 3. The Kier molecular flexibility index (Phi) is 5.18. The number of piperazine rings is 1. The molecule has 0 aliphatic carbocycles. The number of rotatable bonds is 5. The maximum atomic E-state index is 12.6. The molecule has 154 valence electrons. The topological polar surface area (TPSA) is 104 Å². The Morgan fingerprint density at radius 2 is 1.47 bits per heavy atom. The van der Waals surface area contributed by atoms with Crippen LogP contribution in [0, 0.1) is 10.1 Å². The predicted octanol–water partition coefficient (Wildman–Crippen LogP) is 1.93. The first kappa shape index (κ1) is 19.6. The number of carbonyl (C=O) groups excluding carboxylic acids is 3. The van der Waals surface area contributed by atoms with Crippen molar-refractivity contribution in [1.29, 1.82) is 0 Å². The smallest absolute Gasteiger partial charge is 0.269 e. The van der Waals surface area contributed by atoms with E-state index in [-0.39, 0.29) is 36.4 Å². The molecule has 0 bridgehead atoms. The number of nitro benzene ring substituents is 1. The van der Waals surface area contributed by atoms with Crippen LogP contribution in [0.5, 0.6) is 0 Å². The quantitative estimate of drug-likeness (QED) is 0.425. The third-order valence-corrected chi connectivity index (χ3v) is 5.49. The molecule has 9 nitrogen and oxygen atoms in total. The van der Waals surface area contributed by atoms with Gasteiger partial charge in [0.25, 0.3) is 17.5 Å². The number of hydrogen-bond acceptors (Lipinski definition) is 6. The highest BCUT2D eigenvalue weighted by Gasteiger charge is 2.35. The highest BCUT2D eigenvalue weighted by Crippen LogP contribution is 2.23. The van der Waals surface area contributed by atoms with Crippen LogP contribution in [-0.2, 0) is 4.79 Å². The molecule has 2 aromatic carbocycles. The summed E-state index contributed by atoms with van der Waals surface area (Å²) in [5.41, 5.74) is 1.68. The average molecular weight is 408 g/mol. The molecule has 2 heterocycles. The number of fused-ring (bicyclic) bond motifs is 1. The summed E-state index contributed by atoms with van der Waals surface area (Å²) in [4.78, 5) is 52.6. The van der Waals surface area contributed by atoms with Crippen molar-refractivity contribution < 1.29 is 19.3 Å². The molecular formula is C21H20N4O5. The van der Waals surface area contributed by atoms with E-state index in [0.717, 1.165) is 10.6 Å². The molecule has 0 unspecified atom stereocenters. The normalized spacial score (nSPS) is 16.1. The summed E-state index contributed by atoms with van der Waals surface area (Å²) in [6, 6.07) is 13.0. The van der Waals surface area contributed by atoms with Gasteiger partial charge in [0.2, 0.25) is 5.91 Å². The Labute approximate surface area is 172 Å². The van der Waals surface area contributed by atoms with Gasteiger partial charge in [0.1, 0.15) is 0 Å². The molecule has 2 aliphatic rings. The van der Waals surface area contributed by atoms with Crippen LogP contribution in [0.2, 0.25) is 0 Å². The van der Waals surface area contributed by atoms with Crippen molar-refractivity contribution in [1.82, 2.24) is 9.80 Å². The van der Waals surface area contributed by atoms with E-state index in [2.05, 4.69) is 4.90 Å². The third kappa shape index (κ3) is 3.61. The summed E-state index contributed by atoms with van der Waals surface area (Å²) in [7, 11) is 0. The second-order valence-corrected chi connectivity index (χ2v) is 7.20. The van der Waals surface area contributed by atoms with Crippen LogP contribution in [0.1, 0.15) is 27.1 Å². The zero-order valence-electron chi connectivity index (χ0n) is 16.2. The van der Waals surface area contributed by atoms with Gasteiger partial charge in [-0.1, -0.05) is 12.1 Å². The Bertz CT molecular complexity index is 977. The molecule has 0 N–H and O–H groups in total. The van der Waals surface area contributed by atoms with Gasteiger partial charge in [-0.25, -0.2) is 0 Å². The lowest BCUT2D eigenvalue weighted by Crippen LogP contribution is -2.49. The van der Waals surface area contributed by atoms with Crippen molar-refractivity contribution in [2.45, 2.75) is 6.42 Å². The van der Waals surface area contributed by atoms with Crippen molar-refractivity contribution in [3.8, 4) is 0 Å². The van der Waals surface area contributed by atoms with Gasteiger partial charge in [0.15, 0.2) is 0 Å². The highest BCUT2D eigenvalue weighted by atomic mass is 16.6. The van der Waals surface area contributed by atoms with Crippen molar-refractivity contribution in [3.63, 3.8) is 0 Å². The van der Waals surface area contributed by atoms with E-state index in [1.54, 1.807) is 41.3 Å². The molecule has 3 amide bonds. The maximum Gasteiger partial charge on any atom is 0.269 e. The second kappa shape index (κ2) is 7.94. The Morgan fingerprint density at radius 3 is 2.00 bits per heavy atom. The van der Waals surface area contributed by atoms with Crippen LogP contribution in [0.25, 0.3) is 0 Å². The number of hydrogen-bond donors (Lipinski definition) is 0. The first-order valence-corrected chi connectivity index (χ1v) is 9.68. The minimum atomic E-state index is -0.436. The lowest BCUT2D eigenvalue weighted by molar-refractivity contribution is -0.384. The van der Waals surface area contributed by atoms with E-state index in [4.69, 9.17) is 0 Å². The summed E-state index contributed by atoms with van der Waals surface area (Å²) < 4.78 is 0. The number of carbonyl (C=O) groups is 3. The fourth-order valence-corrected chi connectivity index (χ4v) is 3.81. The van der Waals surface area contributed by atoms with Gasteiger partial charge in [0.05, 0.1) is 16.1 Å². The fraction of sp³-hybridized carbons (Fsp3) is 0.286. The minimum absolute atomic E-state index is 0.0423. The standard InChI is InChI=1S/C21H20N4O5/c26-19(9-10-24-20(27)17-3-1-2-4-18(17)21(24)28)23-13-11-22(12-14-23)15-5-7-16(8-6-15)25(29)30/h1-8H,9-14H2. The maximum absolute atomic E-state index is 12.6. The highest BCUT2D eigenvalue weighted by molar-refractivity contribution is 6.21. The summed E-state index contributed by atoms with van der Waals surface area (Å²) in [5.74, 6) is -0.812. The molecule has 1 fully saturated rings. The summed E-state index contributed by atoms with van der Waals surface area (Å²) in [6.45, 7) is 2.30. The Morgan fingerprint density at radius 1 is 0.900 bits per heavy atom. The van der Waals surface area contributed by atoms with Crippen molar-refractivity contribution in [2.75, 3.05) is 37.6 Å². The fourth-order valence-electron chi connectivity index (χ4n) is 3.81. The number of benzene rings is 2. The SMILES string of the molecule is O=C(CCN1C(=O)c2ccccc2C1=O)N1CCN(c2ccc([N+](=O)[O-])cc2)CC1. The average Bonchev–Trinajstić information content (AvgIpc) is 3.02. The monoisotopic (exact) mass is 408 g/mol. The van der Waals surface area contributed by atoms with Gasteiger partial charge >= 0.3 is 0 Å². The molecule has 9 heteroatoms. The van der Waals surface area contributed by atoms with Gasteiger partial charge in [-0.3, -0.25) is 29.4 Å². The van der Waals surface area contributed by atoms with Crippen LogP contribution in [0.4, 0.5) is 11.4 Å². The lowest BCUT2D eigenvalue weighted by atomic mass is 10.1. The lowest BCUT2D eigenvalue weighted by Gasteiger charge is -2.36. The van der Waals surface area contributed by atoms with Crippen molar-refractivity contribution in [2.24, 2.45) is 0 Å². The third-order valence-electron chi connectivity index (χ3n) is 5.49.